The van der Waals surface area contributed by atoms with Gasteiger partial charge in [-0.25, -0.2) is 5.01 Å². The molecule has 4 aromatic rings. The molecular weight excluding hydrogens is 526 g/mol. The van der Waals surface area contributed by atoms with Crippen molar-refractivity contribution in [3.8, 4) is 11.5 Å². The van der Waals surface area contributed by atoms with Crippen molar-refractivity contribution in [3.05, 3.63) is 113 Å². The number of hydrazine groups is 1. The lowest BCUT2D eigenvalue weighted by Crippen LogP contribution is -2.56. The molecule has 214 valence electrons. The molecule has 2 amide bonds. The third-order valence-corrected chi connectivity index (χ3v) is 8.38. The van der Waals surface area contributed by atoms with Crippen molar-refractivity contribution in [2.24, 2.45) is 0 Å². The van der Waals surface area contributed by atoms with E-state index >= 15 is 0 Å². The van der Waals surface area contributed by atoms with E-state index in [-0.39, 0.29) is 11.6 Å². The van der Waals surface area contributed by atoms with Crippen molar-refractivity contribution in [3.63, 3.8) is 0 Å². The lowest BCUT2D eigenvalue weighted by atomic mass is 9.75. The van der Waals surface area contributed by atoms with Crippen LogP contribution >= 0.6 is 0 Å². The molecule has 2 aliphatic rings. The van der Waals surface area contributed by atoms with Gasteiger partial charge in [-0.15, -0.1) is 0 Å². The van der Waals surface area contributed by atoms with Crippen molar-refractivity contribution in [2.45, 2.75) is 33.2 Å². The van der Waals surface area contributed by atoms with Crippen molar-refractivity contribution in [2.75, 3.05) is 36.0 Å². The van der Waals surface area contributed by atoms with Crippen LogP contribution in [0.5, 0.6) is 11.5 Å². The Balaban J connectivity index is 1.62. The van der Waals surface area contributed by atoms with Crippen LogP contribution in [-0.2, 0) is 5.54 Å². The number of carbonyl (C=O) groups excluding carboxylic acids is 2. The van der Waals surface area contributed by atoms with Gasteiger partial charge in [0.25, 0.3) is 11.8 Å². The van der Waals surface area contributed by atoms with Crippen LogP contribution < -0.4 is 20.0 Å². The molecule has 0 bridgehead atoms. The maximum atomic E-state index is 14.2. The second-order valence-electron chi connectivity index (χ2n) is 10.4. The van der Waals surface area contributed by atoms with E-state index in [1.54, 1.807) is 24.4 Å². The highest BCUT2D eigenvalue weighted by molar-refractivity contribution is 6.04. The molecule has 6 rings (SSSR count). The minimum absolute atomic E-state index is 0.220. The molecule has 0 unspecified atom stereocenters. The molecule has 0 atom stereocenters. The zero-order valence-corrected chi connectivity index (χ0v) is 24.4. The van der Waals surface area contributed by atoms with Gasteiger partial charge in [0.05, 0.1) is 0 Å². The van der Waals surface area contributed by atoms with Gasteiger partial charge in [-0.1, -0.05) is 36.4 Å². The molecule has 2 aliphatic heterocycles. The first kappa shape index (κ1) is 27.3. The van der Waals surface area contributed by atoms with Crippen LogP contribution in [-0.4, -0.2) is 48.0 Å². The van der Waals surface area contributed by atoms with E-state index in [1.807, 2.05) is 48.5 Å². The Kier molecular flexibility index (Phi) is 7.06. The number of amides is 2. The third-order valence-electron chi connectivity index (χ3n) is 8.38. The van der Waals surface area contributed by atoms with E-state index in [9.17, 15) is 9.59 Å². The molecule has 1 aromatic heterocycles. The van der Waals surface area contributed by atoms with Crippen molar-refractivity contribution < 1.29 is 14.3 Å². The van der Waals surface area contributed by atoms with Gasteiger partial charge in [-0.2, -0.15) is 0 Å². The van der Waals surface area contributed by atoms with Gasteiger partial charge in [0, 0.05) is 78.1 Å². The summed E-state index contributed by atoms with van der Waals surface area (Å²) in [5.41, 5.74) is 6.94. The Labute approximate surface area is 246 Å². The predicted octanol–water partition coefficient (Wildman–Crippen LogP) is 5.97. The summed E-state index contributed by atoms with van der Waals surface area (Å²) in [6.45, 7) is 11.9. The topological polar surface area (TPSA) is 78.0 Å². The van der Waals surface area contributed by atoms with E-state index in [4.69, 9.17) is 4.74 Å². The standard InChI is InChI=1S/C34H35N5O3/c1-5-37(6-2)23-16-18-27-30(21-23)42-31-22-24(38(7-3)8-4)17-19-28(31)34(27)26-14-10-9-13-25(26)33(41)39(34)36-32(40)29-15-11-12-20-35-29/h9-22H,5-8H2,1-4H3,(H,36,40). The first-order valence-electron chi connectivity index (χ1n) is 14.6. The highest BCUT2D eigenvalue weighted by Gasteiger charge is 2.57. The van der Waals surface area contributed by atoms with Crippen LogP contribution in [0.25, 0.3) is 0 Å². The number of aromatic nitrogens is 1. The number of anilines is 2. The van der Waals surface area contributed by atoms with Gasteiger partial charge < -0.3 is 14.5 Å². The van der Waals surface area contributed by atoms with Crippen LogP contribution in [0, 0.1) is 0 Å². The Morgan fingerprint density at radius 2 is 1.36 bits per heavy atom. The molecule has 8 nitrogen and oxygen atoms in total. The Morgan fingerprint density at radius 3 is 1.90 bits per heavy atom. The lowest BCUT2D eigenvalue weighted by molar-refractivity contribution is 0.0445. The molecule has 1 N–H and O–H groups in total. The quantitative estimate of drug-likeness (QED) is 0.286. The summed E-state index contributed by atoms with van der Waals surface area (Å²) in [6, 6.07) is 25.0. The summed E-state index contributed by atoms with van der Waals surface area (Å²) in [4.78, 5) is 36.5. The van der Waals surface area contributed by atoms with Crippen LogP contribution in [0.4, 0.5) is 11.4 Å². The van der Waals surface area contributed by atoms with Crippen molar-refractivity contribution in [1.29, 1.82) is 0 Å². The Bertz CT molecular complexity index is 1590. The van der Waals surface area contributed by atoms with E-state index in [2.05, 4.69) is 60.0 Å². The number of carbonyl (C=O) groups is 2. The van der Waals surface area contributed by atoms with Crippen LogP contribution in [0.2, 0.25) is 0 Å². The number of ether oxygens (including phenoxy) is 1. The highest BCUT2D eigenvalue weighted by atomic mass is 16.5. The van der Waals surface area contributed by atoms with Gasteiger partial charge in [0.1, 0.15) is 22.7 Å². The minimum atomic E-state index is -1.16. The van der Waals surface area contributed by atoms with Gasteiger partial charge in [-0.3, -0.25) is 20.0 Å². The summed E-state index contributed by atoms with van der Waals surface area (Å²) in [6.07, 6.45) is 1.56. The number of rotatable bonds is 8. The molecular formula is C34H35N5O3. The Morgan fingerprint density at radius 1 is 0.786 bits per heavy atom. The molecule has 42 heavy (non-hydrogen) atoms. The fourth-order valence-electron chi connectivity index (χ4n) is 6.32. The minimum Gasteiger partial charge on any atom is -0.456 e. The molecule has 0 saturated carbocycles. The fraction of sp³-hybridized carbons (Fsp3) is 0.265. The zero-order chi connectivity index (χ0) is 29.4. The maximum Gasteiger partial charge on any atom is 0.288 e. The molecule has 0 radical (unpaired) electrons. The van der Waals surface area contributed by atoms with E-state index in [1.165, 1.54) is 5.01 Å². The smallest absolute Gasteiger partial charge is 0.288 e. The molecule has 0 saturated heterocycles. The average molecular weight is 562 g/mol. The van der Waals surface area contributed by atoms with E-state index < -0.39 is 11.4 Å². The fourth-order valence-corrected chi connectivity index (χ4v) is 6.32. The summed E-state index contributed by atoms with van der Waals surface area (Å²) >= 11 is 0. The SMILES string of the molecule is CCN(CC)c1ccc2c(c1)Oc1cc(N(CC)CC)ccc1C21c2ccccc2C(=O)N1NC(=O)c1ccccn1. The van der Waals surface area contributed by atoms with E-state index in [0.29, 0.717) is 17.1 Å². The molecule has 0 fully saturated rings. The first-order valence-corrected chi connectivity index (χ1v) is 14.6. The number of nitrogens with zero attached hydrogens (tertiary/aromatic N) is 4. The van der Waals surface area contributed by atoms with E-state index in [0.717, 1.165) is 54.2 Å². The lowest BCUT2D eigenvalue weighted by Gasteiger charge is -2.44. The van der Waals surface area contributed by atoms with Gasteiger partial charge in [0.15, 0.2) is 0 Å². The van der Waals surface area contributed by atoms with Gasteiger partial charge in [0.2, 0.25) is 0 Å². The monoisotopic (exact) mass is 561 g/mol. The number of hydrogen-bond donors (Lipinski definition) is 1. The molecule has 1 spiro atoms. The molecule has 3 aromatic carbocycles. The number of benzene rings is 3. The Hall–Kier alpha value is -4.85. The van der Waals surface area contributed by atoms with Crippen LogP contribution in [0.3, 0.4) is 0 Å². The van der Waals surface area contributed by atoms with Gasteiger partial charge >= 0.3 is 0 Å². The average Bonchev–Trinajstić information content (AvgIpc) is 3.26. The number of nitrogens with one attached hydrogen (secondary N) is 1. The molecule has 8 heteroatoms. The highest BCUT2D eigenvalue weighted by Crippen LogP contribution is 2.57. The largest absolute Gasteiger partial charge is 0.456 e. The normalized spacial score (nSPS) is 14.1. The van der Waals surface area contributed by atoms with Crippen molar-refractivity contribution in [1.82, 2.24) is 15.4 Å². The summed E-state index contributed by atoms with van der Waals surface area (Å²) < 4.78 is 6.70. The second kappa shape index (κ2) is 10.9. The second-order valence-corrected chi connectivity index (χ2v) is 10.4. The predicted molar refractivity (Wildman–Crippen MR) is 164 cm³/mol. The zero-order valence-electron chi connectivity index (χ0n) is 24.4. The molecule has 3 heterocycles. The first-order chi connectivity index (χ1) is 20.5. The number of fused-ring (bicyclic) bond motifs is 6. The third kappa shape index (κ3) is 4.09. The van der Waals surface area contributed by atoms with Gasteiger partial charge in [-0.05, 0) is 58.0 Å². The van der Waals surface area contributed by atoms with Crippen molar-refractivity contribution >= 4 is 23.2 Å². The number of pyridine rings is 1. The van der Waals surface area contributed by atoms with Crippen LogP contribution in [0.15, 0.2) is 85.1 Å². The summed E-state index contributed by atoms with van der Waals surface area (Å²) in [7, 11) is 0. The number of hydrogen-bond acceptors (Lipinski definition) is 6. The maximum absolute atomic E-state index is 14.2. The molecule has 0 aliphatic carbocycles. The summed E-state index contributed by atoms with van der Waals surface area (Å²) in [5.74, 6) is 0.523. The van der Waals surface area contributed by atoms with Crippen LogP contribution in [0.1, 0.15) is 65.2 Å². The summed E-state index contributed by atoms with van der Waals surface area (Å²) in [5, 5.41) is 1.48.